The third-order valence-corrected chi connectivity index (χ3v) is 0.566. The van der Waals surface area contributed by atoms with E-state index in [4.69, 9.17) is 0 Å². The van der Waals surface area contributed by atoms with Crippen LogP contribution in [0.1, 0.15) is 0 Å². The fourth-order valence-corrected chi connectivity index (χ4v) is 0.313. The molecule has 1 aromatic heterocycles. The molecule has 1 rings (SSSR count). The smallest absolute Gasteiger partial charge is 0.0267 e. The van der Waals surface area contributed by atoms with Gasteiger partial charge in [-0.3, -0.25) is 4.98 Å². The molecule has 0 aliphatic rings. The molecule has 3 heteroatoms. The predicted molar refractivity (Wildman–Crippen MR) is 25.6 cm³/mol. The Balaban J connectivity index is 0. The van der Waals surface area contributed by atoms with Crippen molar-refractivity contribution in [2.75, 3.05) is 0 Å². The minimum atomic E-state index is 0. The zero-order valence-corrected chi connectivity index (χ0v) is 4.15. The summed E-state index contributed by atoms with van der Waals surface area (Å²) in [5.41, 5.74) is 0. The Morgan fingerprint density at radius 2 is 1.25 bits per heavy atom. The van der Waals surface area contributed by atoms with Crippen molar-refractivity contribution in [3.63, 3.8) is 0 Å². The van der Waals surface area contributed by atoms with Gasteiger partial charge in [-0.2, -0.15) is 0 Å². The highest BCUT2D eigenvalue weighted by Gasteiger charge is 1.58. The maximum absolute atomic E-state index is 3.78. The number of nitrogens with zero attached hydrogens (tertiary/aromatic N) is 1. The third kappa shape index (κ3) is 3.27. The van der Waals surface area contributed by atoms with Crippen molar-refractivity contribution in [1.29, 1.82) is 0 Å². The Morgan fingerprint density at radius 3 is 1.38 bits per heavy atom. The monoisotopic (exact) mass is 111 g/mol. The van der Waals surface area contributed by atoms with E-state index in [-0.39, 0.29) is 11.0 Å². The SMILES string of the molecule is [O].[O].c1ccncc1. The molecular weight excluding hydrogens is 106 g/mol. The molecule has 1 aromatic rings. The number of hydrogen-bond donors (Lipinski definition) is 0. The molecule has 0 bridgehead atoms. The second kappa shape index (κ2) is 6.07. The maximum Gasteiger partial charge on any atom is 0.0267 e. The highest BCUT2D eigenvalue weighted by atomic mass is 16.0. The van der Waals surface area contributed by atoms with Gasteiger partial charge < -0.3 is 0 Å². The summed E-state index contributed by atoms with van der Waals surface area (Å²) in [5.74, 6) is 0. The Bertz CT molecular complexity index is 82.4. The normalized spacial score (nSPS) is 6.00. The summed E-state index contributed by atoms with van der Waals surface area (Å²) in [4.78, 5) is 3.78. The highest BCUT2D eigenvalue weighted by molar-refractivity contribution is 4.88. The molecule has 1 heterocycles. The fraction of sp³-hybridized carbons (Fsp3) is 0. The van der Waals surface area contributed by atoms with Crippen LogP contribution in [0.15, 0.2) is 30.6 Å². The molecular formula is C5H5NO2. The van der Waals surface area contributed by atoms with Crippen molar-refractivity contribution in [3.8, 4) is 0 Å². The zero-order valence-electron chi connectivity index (χ0n) is 4.15. The van der Waals surface area contributed by atoms with E-state index in [2.05, 4.69) is 4.98 Å². The zero-order chi connectivity index (χ0) is 4.24. The maximum atomic E-state index is 3.78. The average Bonchev–Trinajstić information content (AvgIpc) is 1.72. The van der Waals surface area contributed by atoms with Crippen molar-refractivity contribution >= 4 is 0 Å². The molecule has 0 aliphatic heterocycles. The first-order chi connectivity index (χ1) is 3.00. The Labute approximate surface area is 47.6 Å². The third-order valence-electron chi connectivity index (χ3n) is 0.566. The van der Waals surface area contributed by atoms with E-state index in [1.54, 1.807) is 12.4 Å². The van der Waals surface area contributed by atoms with Gasteiger partial charge in [-0.05, 0) is 12.1 Å². The number of aromatic nitrogens is 1. The average molecular weight is 111 g/mol. The van der Waals surface area contributed by atoms with Crippen molar-refractivity contribution in [2.24, 2.45) is 0 Å². The van der Waals surface area contributed by atoms with Gasteiger partial charge in [-0.15, -0.1) is 0 Å². The molecule has 0 saturated heterocycles. The lowest BCUT2D eigenvalue weighted by atomic mass is 10.5. The molecule has 0 atom stereocenters. The Hall–Kier alpha value is -0.930. The largest absolute Gasteiger partial charge is 0.265 e. The second-order valence-electron chi connectivity index (χ2n) is 1.02. The highest BCUT2D eigenvalue weighted by Crippen LogP contribution is 1.73. The number of hydrogen-bond acceptors (Lipinski definition) is 1. The van der Waals surface area contributed by atoms with Gasteiger partial charge in [0.15, 0.2) is 0 Å². The predicted octanol–water partition coefficient (Wildman–Crippen LogP) is 0.844. The van der Waals surface area contributed by atoms with E-state index >= 15 is 0 Å². The molecule has 0 aliphatic carbocycles. The standard InChI is InChI=1S/C5H5N.2O/c1-2-4-6-5-3-1;;/h1-5H;;. The molecule has 0 aromatic carbocycles. The first kappa shape index (κ1) is 10.1. The minimum Gasteiger partial charge on any atom is -0.265 e. The van der Waals surface area contributed by atoms with Gasteiger partial charge in [0.2, 0.25) is 0 Å². The van der Waals surface area contributed by atoms with Gasteiger partial charge in [0, 0.05) is 23.3 Å². The van der Waals surface area contributed by atoms with Crippen LogP contribution >= 0.6 is 0 Å². The second-order valence-corrected chi connectivity index (χ2v) is 1.02. The summed E-state index contributed by atoms with van der Waals surface area (Å²) in [5, 5.41) is 0. The van der Waals surface area contributed by atoms with Gasteiger partial charge in [-0.25, -0.2) is 0 Å². The molecule has 0 spiro atoms. The van der Waals surface area contributed by atoms with Gasteiger partial charge in [-0.1, -0.05) is 6.07 Å². The molecule has 8 heavy (non-hydrogen) atoms. The number of pyridine rings is 1. The van der Waals surface area contributed by atoms with E-state index in [0.29, 0.717) is 0 Å². The summed E-state index contributed by atoms with van der Waals surface area (Å²) in [6.45, 7) is 0. The van der Waals surface area contributed by atoms with Crippen molar-refractivity contribution in [1.82, 2.24) is 4.98 Å². The van der Waals surface area contributed by atoms with Crippen LogP contribution in [-0.4, -0.2) is 4.98 Å². The van der Waals surface area contributed by atoms with Gasteiger partial charge in [0.1, 0.15) is 0 Å². The van der Waals surface area contributed by atoms with Crippen LogP contribution in [0.5, 0.6) is 0 Å². The van der Waals surface area contributed by atoms with Crippen molar-refractivity contribution < 1.29 is 11.0 Å². The Morgan fingerprint density at radius 1 is 0.750 bits per heavy atom. The molecule has 0 N–H and O–H groups in total. The van der Waals surface area contributed by atoms with Crippen LogP contribution in [0.4, 0.5) is 0 Å². The van der Waals surface area contributed by atoms with Crippen LogP contribution in [0.2, 0.25) is 0 Å². The van der Waals surface area contributed by atoms with Crippen LogP contribution in [0, 0.1) is 0 Å². The first-order valence-electron chi connectivity index (χ1n) is 1.85. The van der Waals surface area contributed by atoms with Crippen LogP contribution in [0.25, 0.3) is 0 Å². The van der Waals surface area contributed by atoms with Gasteiger partial charge in [0.05, 0.1) is 0 Å². The van der Waals surface area contributed by atoms with Crippen LogP contribution < -0.4 is 0 Å². The van der Waals surface area contributed by atoms with E-state index in [1.807, 2.05) is 18.2 Å². The molecule has 0 saturated carbocycles. The summed E-state index contributed by atoms with van der Waals surface area (Å²) in [6.07, 6.45) is 3.50. The summed E-state index contributed by atoms with van der Waals surface area (Å²) in [6, 6.07) is 5.72. The lowest BCUT2D eigenvalue weighted by molar-refractivity contribution is 0.686. The Kier molecular flexibility index (Phi) is 7.69. The van der Waals surface area contributed by atoms with Gasteiger partial charge >= 0.3 is 0 Å². The topological polar surface area (TPSA) is 69.9 Å². The number of rotatable bonds is 0. The van der Waals surface area contributed by atoms with Crippen LogP contribution in [-0.2, 0) is 11.0 Å². The summed E-state index contributed by atoms with van der Waals surface area (Å²) >= 11 is 0. The summed E-state index contributed by atoms with van der Waals surface area (Å²) < 4.78 is 0. The quantitative estimate of drug-likeness (QED) is 0.489. The van der Waals surface area contributed by atoms with E-state index < -0.39 is 0 Å². The van der Waals surface area contributed by atoms with Gasteiger partial charge in [0.25, 0.3) is 0 Å². The first-order valence-corrected chi connectivity index (χ1v) is 1.85. The lowest BCUT2D eigenvalue weighted by Crippen LogP contribution is -1.58. The van der Waals surface area contributed by atoms with E-state index in [9.17, 15) is 0 Å². The molecule has 3 nitrogen and oxygen atoms in total. The minimum absolute atomic E-state index is 0. The fourth-order valence-electron chi connectivity index (χ4n) is 0.313. The molecule has 4 radical (unpaired) electrons. The molecule has 0 fully saturated rings. The molecule has 0 unspecified atom stereocenters. The van der Waals surface area contributed by atoms with E-state index in [1.165, 1.54) is 0 Å². The van der Waals surface area contributed by atoms with E-state index in [0.717, 1.165) is 0 Å². The molecule has 0 amide bonds. The molecule has 42 valence electrons. The van der Waals surface area contributed by atoms with Crippen molar-refractivity contribution in [3.05, 3.63) is 30.6 Å². The lowest BCUT2D eigenvalue weighted by Gasteiger charge is -1.70. The van der Waals surface area contributed by atoms with Crippen LogP contribution in [0.3, 0.4) is 0 Å². The summed E-state index contributed by atoms with van der Waals surface area (Å²) in [7, 11) is 0. The van der Waals surface area contributed by atoms with Crippen molar-refractivity contribution in [2.45, 2.75) is 0 Å².